The van der Waals surface area contributed by atoms with Crippen LogP contribution in [0.4, 0.5) is 41.6 Å². The molecule has 14 heteroatoms. The van der Waals surface area contributed by atoms with E-state index in [1.165, 1.54) is 17.2 Å². The summed E-state index contributed by atoms with van der Waals surface area (Å²) >= 11 is 0. The van der Waals surface area contributed by atoms with Gasteiger partial charge in [-0.05, 0) is 218 Å². The molecule has 0 saturated carbocycles. The smallest absolute Gasteiger partial charge is 0.383 e. The number of likely N-dealkylation sites (N-methyl/N-ethyl adjacent to an activating group) is 1. The summed E-state index contributed by atoms with van der Waals surface area (Å²) < 4.78 is 41.4. The molecule has 1 amide bonds. The molecule has 0 atom stereocenters. The van der Waals surface area contributed by atoms with Crippen molar-refractivity contribution in [1.82, 2.24) is 9.80 Å². The minimum absolute atomic E-state index is 0.0248. The minimum atomic E-state index is -4.46. The fourth-order valence-corrected chi connectivity index (χ4v) is 11.0. The highest BCUT2D eigenvalue weighted by molar-refractivity contribution is 6.05. The molecule has 0 radical (unpaired) electrons. The third-order valence-electron chi connectivity index (χ3n) is 16.1. The second-order valence-corrected chi connectivity index (χ2v) is 28.6. The number of benzene rings is 8. The summed E-state index contributed by atoms with van der Waals surface area (Å²) in [5.74, 6) is 0.0277. The highest BCUT2D eigenvalue weighted by Gasteiger charge is 2.34. The van der Waals surface area contributed by atoms with Crippen LogP contribution in [0.1, 0.15) is 177 Å². The Bertz CT molecular complexity index is 3860. The number of Topliss-reactive ketones (excluding diaryl/α,β-unsaturated/α-hetero) is 3. The SMILES string of the molecule is Cc1ccc(C(=O)Cc2ccc(CN3CCN(C)CC3)c(C(F)(F)F)c2)cc1NC(C)C.Cc1cccc(C(=O)Nc2ccc(C)c(NC(C)C)c2)c1.Cc1cccc(CC(=O)c2ccc(C)c(NC(C)(C)C)c2)c1.Cc1cccc(CC(=O)c2ccc(C)c(NC(C)(C)C)c2)c1. The first kappa shape index (κ1) is 77.2. The molecule has 8 aromatic rings. The number of carbonyl (C=O) groups is 4. The van der Waals surface area contributed by atoms with Gasteiger partial charge in [-0.1, -0.05) is 132 Å². The minimum Gasteiger partial charge on any atom is -0.383 e. The van der Waals surface area contributed by atoms with Crippen LogP contribution in [0.2, 0.25) is 0 Å². The molecule has 1 aliphatic heterocycles. The van der Waals surface area contributed by atoms with Gasteiger partial charge in [0.05, 0.1) is 5.56 Å². The molecule has 516 valence electrons. The number of halogens is 3. The van der Waals surface area contributed by atoms with Crippen molar-refractivity contribution in [2.45, 2.75) is 173 Å². The number of alkyl halides is 3. The number of hydrogen-bond acceptors (Lipinski definition) is 10. The summed E-state index contributed by atoms with van der Waals surface area (Å²) in [5.41, 5.74) is 17.5. The van der Waals surface area contributed by atoms with Crippen LogP contribution >= 0.6 is 0 Å². The molecule has 1 heterocycles. The molecule has 1 aliphatic rings. The Labute approximate surface area is 576 Å². The molecule has 0 spiro atoms. The lowest BCUT2D eigenvalue weighted by Gasteiger charge is -2.33. The van der Waals surface area contributed by atoms with Gasteiger partial charge in [-0.15, -0.1) is 0 Å². The summed E-state index contributed by atoms with van der Waals surface area (Å²) in [6, 6.07) is 51.8. The molecule has 0 unspecified atom stereocenters. The third-order valence-corrected chi connectivity index (χ3v) is 16.1. The highest BCUT2D eigenvalue weighted by Crippen LogP contribution is 2.35. The Morgan fingerprint density at radius 2 is 0.825 bits per heavy atom. The van der Waals surface area contributed by atoms with Gasteiger partial charge in [-0.3, -0.25) is 24.1 Å². The standard InChI is InChI=1S/C25H32F3N3O.2C20H25NO.C18H22N2O/c1-17(2)29-23-15-20(7-5-18(23)3)24(32)14-19-6-8-21(22(13-19)25(26,27)28)16-31-11-9-30(4)10-12-31;2*1-14-7-6-8-16(11-14)12-19(22)17-10-9-15(2)18(13-17)21-20(3,4)5;1-12(2)19-17-11-16(9-8-14(17)4)20-18(21)15-7-5-6-13(3)10-15/h5-8,13,15,17,29H,9-12,14,16H2,1-4H3;2*6-11,13,21H,12H2,1-5H3;5-12,19H,1-4H3,(H,20,21). The monoisotopic (exact) mass is 1320 g/mol. The van der Waals surface area contributed by atoms with Crippen LogP contribution in [-0.4, -0.2) is 89.4 Å². The van der Waals surface area contributed by atoms with E-state index in [9.17, 15) is 32.3 Å². The summed E-state index contributed by atoms with van der Waals surface area (Å²) in [6.07, 6.45) is -3.64. The van der Waals surface area contributed by atoms with E-state index in [-0.39, 0.29) is 58.9 Å². The molecule has 9 rings (SSSR count). The van der Waals surface area contributed by atoms with E-state index in [0.717, 1.165) is 111 Å². The van der Waals surface area contributed by atoms with Crippen molar-refractivity contribution >= 4 is 51.7 Å². The number of nitrogens with zero attached hydrogens (tertiary/aromatic N) is 2. The van der Waals surface area contributed by atoms with Crippen molar-refractivity contribution in [3.63, 3.8) is 0 Å². The van der Waals surface area contributed by atoms with Crippen molar-refractivity contribution in [2.24, 2.45) is 0 Å². The Kier molecular flexibility index (Phi) is 27.8. The van der Waals surface area contributed by atoms with Crippen LogP contribution in [0.15, 0.2) is 164 Å². The number of carbonyl (C=O) groups excluding carboxylic acids is 4. The maximum absolute atomic E-state index is 13.8. The molecule has 0 aliphatic carbocycles. The van der Waals surface area contributed by atoms with Gasteiger partial charge in [-0.25, -0.2) is 0 Å². The largest absolute Gasteiger partial charge is 0.416 e. The molecule has 8 aromatic carbocycles. The lowest BCUT2D eigenvalue weighted by atomic mass is 9.97. The van der Waals surface area contributed by atoms with Gasteiger partial charge in [0.15, 0.2) is 17.3 Å². The molecular formula is C83H104F3N7O4. The van der Waals surface area contributed by atoms with Crippen molar-refractivity contribution in [3.05, 3.63) is 253 Å². The summed E-state index contributed by atoms with van der Waals surface area (Å²) in [5, 5.41) is 16.6. The summed E-state index contributed by atoms with van der Waals surface area (Å²) in [7, 11) is 2.01. The van der Waals surface area contributed by atoms with Gasteiger partial charge in [0, 0.05) is 126 Å². The molecular weight excluding hydrogens is 1220 g/mol. The Balaban J connectivity index is 0.000000208. The van der Waals surface area contributed by atoms with Crippen molar-refractivity contribution in [2.75, 3.05) is 59.8 Å². The van der Waals surface area contributed by atoms with Gasteiger partial charge in [0.25, 0.3) is 5.91 Å². The van der Waals surface area contributed by atoms with E-state index in [4.69, 9.17) is 0 Å². The average molecular weight is 1320 g/mol. The number of piperazine rings is 1. The van der Waals surface area contributed by atoms with Crippen molar-refractivity contribution in [1.29, 1.82) is 0 Å². The molecule has 1 saturated heterocycles. The normalized spacial score (nSPS) is 12.6. The average Bonchev–Trinajstić information content (AvgIpc) is 0.833. The van der Waals surface area contributed by atoms with E-state index in [0.29, 0.717) is 35.6 Å². The topological polar surface area (TPSA) is 135 Å². The van der Waals surface area contributed by atoms with E-state index < -0.39 is 11.7 Å². The van der Waals surface area contributed by atoms with Crippen LogP contribution in [0, 0.1) is 48.5 Å². The highest BCUT2D eigenvalue weighted by atomic mass is 19.4. The van der Waals surface area contributed by atoms with E-state index in [2.05, 4.69) is 120 Å². The van der Waals surface area contributed by atoms with Crippen LogP contribution in [0.5, 0.6) is 0 Å². The van der Waals surface area contributed by atoms with Gasteiger partial charge in [0.2, 0.25) is 0 Å². The first-order valence-electron chi connectivity index (χ1n) is 33.7. The van der Waals surface area contributed by atoms with Gasteiger partial charge >= 0.3 is 6.18 Å². The van der Waals surface area contributed by atoms with Crippen molar-refractivity contribution < 1.29 is 32.3 Å². The molecule has 1 fully saturated rings. The van der Waals surface area contributed by atoms with E-state index >= 15 is 0 Å². The van der Waals surface area contributed by atoms with Gasteiger partial charge < -0.3 is 31.5 Å². The van der Waals surface area contributed by atoms with Crippen LogP contribution in [0.25, 0.3) is 0 Å². The zero-order valence-electron chi connectivity index (χ0n) is 60.6. The number of hydrogen-bond donors (Lipinski definition) is 5. The fourth-order valence-electron chi connectivity index (χ4n) is 11.0. The summed E-state index contributed by atoms with van der Waals surface area (Å²) in [4.78, 5) is 54.4. The second kappa shape index (κ2) is 34.9. The summed E-state index contributed by atoms with van der Waals surface area (Å²) in [6.45, 7) is 38.6. The zero-order valence-corrected chi connectivity index (χ0v) is 60.6. The number of amides is 1. The predicted octanol–water partition coefficient (Wildman–Crippen LogP) is 19.3. The Morgan fingerprint density at radius 3 is 1.24 bits per heavy atom. The third kappa shape index (κ3) is 25.9. The number of nitrogens with one attached hydrogen (secondary N) is 5. The predicted molar refractivity (Wildman–Crippen MR) is 399 cm³/mol. The fraction of sp³-hybridized carbons (Fsp3) is 0.373. The molecule has 0 bridgehead atoms. The maximum atomic E-state index is 13.8. The number of anilines is 5. The molecule has 0 aromatic heterocycles. The van der Waals surface area contributed by atoms with Crippen LogP contribution in [-0.2, 0) is 32.0 Å². The Morgan fingerprint density at radius 1 is 0.433 bits per heavy atom. The number of rotatable bonds is 19. The van der Waals surface area contributed by atoms with E-state index in [1.807, 2.05) is 175 Å². The second-order valence-electron chi connectivity index (χ2n) is 28.6. The zero-order chi connectivity index (χ0) is 71.5. The van der Waals surface area contributed by atoms with Crippen molar-refractivity contribution in [3.8, 4) is 0 Å². The quantitative estimate of drug-likeness (QED) is 0.0498. The molecule has 97 heavy (non-hydrogen) atoms. The van der Waals surface area contributed by atoms with Gasteiger partial charge in [0.1, 0.15) is 0 Å². The first-order valence-corrected chi connectivity index (χ1v) is 33.7. The maximum Gasteiger partial charge on any atom is 0.416 e. The molecule has 5 N–H and O–H groups in total. The lowest BCUT2D eigenvalue weighted by molar-refractivity contribution is -0.138. The number of aryl methyl sites for hydroxylation is 7. The molecule has 11 nitrogen and oxygen atoms in total. The van der Waals surface area contributed by atoms with E-state index in [1.54, 1.807) is 18.2 Å². The number of ketones is 3. The lowest BCUT2D eigenvalue weighted by Crippen LogP contribution is -2.44. The first-order chi connectivity index (χ1) is 45.5. The van der Waals surface area contributed by atoms with Gasteiger partial charge in [-0.2, -0.15) is 13.2 Å². The Hall–Kier alpha value is -8.85. The van der Waals surface area contributed by atoms with Crippen LogP contribution < -0.4 is 26.6 Å². The van der Waals surface area contributed by atoms with Crippen LogP contribution in [0.3, 0.4) is 0 Å².